The van der Waals surface area contributed by atoms with Gasteiger partial charge in [-0.3, -0.25) is 15.1 Å². The standard InChI is InChI=1S/C27H22N4O4S/c1-18(2)24-15-20(31(32)33)10-11-22(24)23-12-14-29-27-25(23)16-26(19-7-6-13-28-17-19)30(27)36(34,35)21-8-4-3-5-9-21/h3-18H,1-2H3. The van der Waals surface area contributed by atoms with E-state index in [0.29, 0.717) is 16.6 Å². The van der Waals surface area contributed by atoms with Gasteiger partial charge in [0, 0.05) is 41.7 Å². The van der Waals surface area contributed by atoms with Crippen LogP contribution < -0.4 is 0 Å². The Morgan fingerprint density at radius 1 is 0.917 bits per heavy atom. The fourth-order valence-electron chi connectivity index (χ4n) is 4.35. The summed E-state index contributed by atoms with van der Waals surface area (Å²) in [5.74, 6) is -0.00366. The Bertz CT molecular complexity index is 1700. The van der Waals surface area contributed by atoms with Crippen LogP contribution in [0.3, 0.4) is 0 Å². The molecule has 5 aromatic rings. The van der Waals surface area contributed by atoms with Crippen molar-refractivity contribution in [2.75, 3.05) is 0 Å². The van der Waals surface area contributed by atoms with Gasteiger partial charge in [-0.15, -0.1) is 0 Å². The maximum atomic E-state index is 13.9. The molecular formula is C27H22N4O4S. The topological polar surface area (TPSA) is 108 Å². The van der Waals surface area contributed by atoms with Crippen molar-refractivity contribution in [3.8, 4) is 22.4 Å². The monoisotopic (exact) mass is 498 g/mol. The zero-order chi connectivity index (χ0) is 25.4. The summed E-state index contributed by atoms with van der Waals surface area (Å²) in [5, 5.41) is 12.0. The Balaban J connectivity index is 1.85. The lowest BCUT2D eigenvalue weighted by molar-refractivity contribution is -0.384. The van der Waals surface area contributed by atoms with E-state index in [9.17, 15) is 18.5 Å². The first kappa shape index (κ1) is 23.4. The van der Waals surface area contributed by atoms with E-state index < -0.39 is 14.9 Å². The summed E-state index contributed by atoms with van der Waals surface area (Å²) in [5.41, 5.74) is 3.64. The zero-order valence-corrected chi connectivity index (χ0v) is 20.4. The number of benzene rings is 2. The summed E-state index contributed by atoms with van der Waals surface area (Å²) in [6, 6.07) is 20.1. The van der Waals surface area contributed by atoms with Crippen molar-refractivity contribution in [1.29, 1.82) is 0 Å². The number of fused-ring (bicyclic) bond motifs is 1. The molecule has 0 spiro atoms. The fourth-order valence-corrected chi connectivity index (χ4v) is 5.86. The SMILES string of the molecule is CC(C)c1cc([N+](=O)[O-])ccc1-c1ccnc2c1cc(-c1cccnc1)n2S(=O)(=O)c1ccccc1. The van der Waals surface area contributed by atoms with Crippen LogP contribution in [-0.4, -0.2) is 27.3 Å². The van der Waals surface area contributed by atoms with E-state index in [0.717, 1.165) is 16.7 Å². The number of nitrogens with zero attached hydrogens (tertiary/aromatic N) is 4. The van der Waals surface area contributed by atoms with Crippen molar-refractivity contribution in [2.45, 2.75) is 24.7 Å². The average Bonchev–Trinajstić information content (AvgIpc) is 3.30. The number of aromatic nitrogens is 3. The lowest BCUT2D eigenvalue weighted by Crippen LogP contribution is -2.14. The predicted molar refractivity (Wildman–Crippen MR) is 138 cm³/mol. The van der Waals surface area contributed by atoms with Gasteiger partial charge in [-0.1, -0.05) is 32.0 Å². The van der Waals surface area contributed by atoms with E-state index in [4.69, 9.17) is 0 Å². The van der Waals surface area contributed by atoms with Crippen LogP contribution in [-0.2, 0) is 10.0 Å². The number of hydrogen-bond acceptors (Lipinski definition) is 6. The molecule has 5 rings (SSSR count). The van der Waals surface area contributed by atoms with Gasteiger partial charge in [0.15, 0.2) is 5.65 Å². The van der Waals surface area contributed by atoms with Gasteiger partial charge in [0.05, 0.1) is 15.5 Å². The Morgan fingerprint density at radius 3 is 2.36 bits per heavy atom. The highest BCUT2D eigenvalue weighted by molar-refractivity contribution is 7.90. The molecule has 0 saturated heterocycles. The summed E-state index contributed by atoms with van der Waals surface area (Å²) in [7, 11) is -4.01. The first-order chi connectivity index (χ1) is 17.3. The first-order valence-corrected chi connectivity index (χ1v) is 12.7. The van der Waals surface area contributed by atoms with Crippen LogP contribution in [0.1, 0.15) is 25.3 Å². The van der Waals surface area contributed by atoms with Crippen molar-refractivity contribution < 1.29 is 13.3 Å². The molecule has 0 amide bonds. The number of rotatable bonds is 6. The molecule has 0 bridgehead atoms. The zero-order valence-electron chi connectivity index (χ0n) is 19.6. The Morgan fingerprint density at radius 2 is 1.69 bits per heavy atom. The lowest BCUT2D eigenvalue weighted by Gasteiger charge is -2.14. The van der Waals surface area contributed by atoms with Gasteiger partial charge in [-0.05, 0) is 65.1 Å². The third-order valence-electron chi connectivity index (χ3n) is 6.06. The van der Waals surface area contributed by atoms with Crippen LogP contribution in [0.2, 0.25) is 0 Å². The van der Waals surface area contributed by atoms with Crippen molar-refractivity contribution in [3.05, 3.63) is 107 Å². The normalized spacial score (nSPS) is 11.8. The van der Waals surface area contributed by atoms with Crippen molar-refractivity contribution >= 4 is 26.7 Å². The highest BCUT2D eigenvalue weighted by Gasteiger charge is 2.27. The van der Waals surface area contributed by atoms with Crippen molar-refractivity contribution in [2.24, 2.45) is 0 Å². The molecule has 0 radical (unpaired) electrons. The predicted octanol–water partition coefficient (Wildman–Crippen LogP) is 6.03. The second kappa shape index (κ2) is 9.01. The van der Waals surface area contributed by atoms with Gasteiger partial charge in [0.1, 0.15) is 0 Å². The molecule has 0 aliphatic heterocycles. The third kappa shape index (κ3) is 3.93. The summed E-state index contributed by atoms with van der Waals surface area (Å²) >= 11 is 0. The minimum absolute atomic E-state index is 0.00366. The van der Waals surface area contributed by atoms with Crippen molar-refractivity contribution in [1.82, 2.24) is 13.9 Å². The van der Waals surface area contributed by atoms with Crippen LogP contribution in [0.25, 0.3) is 33.4 Å². The van der Waals surface area contributed by atoms with Gasteiger partial charge in [0.2, 0.25) is 0 Å². The molecule has 8 nitrogen and oxygen atoms in total. The first-order valence-electron chi connectivity index (χ1n) is 11.3. The molecule has 2 aromatic carbocycles. The molecule has 0 N–H and O–H groups in total. The molecule has 0 atom stereocenters. The minimum atomic E-state index is -4.01. The van der Waals surface area contributed by atoms with E-state index in [2.05, 4.69) is 9.97 Å². The molecule has 0 aliphatic rings. The number of nitro groups is 1. The van der Waals surface area contributed by atoms with Crippen molar-refractivity contribution in [3.63, 3.8) is 0 Å². The quantitative estimate of drug-likeness (QED) is 0.209. The molecule has 180 valence electrons. The summed E-state index contributed by atoms with van der Waals surface area (Å²) in [6.45, 7) is 3.93. The van der Waals surface area contributed by atoms with Crippen LogP contribution in [0.5, 0.6) is 0 Å². The number of nitro benzene ring substituents is 1. The van der Waals surface area contributed by atoms with Gasteiger partial charge >= 0.3 is 0 Å². The molecule has 0 fully saturated rings. The molecule has 0 saturated carbocycles. The Kier molecular flexibility index (Phi) is 5.85. The van der Waals surface area contributed by atoms with E-state index in [1.807, 2.05) is 19.9 Å². The van der Waals surface area contributed by atoms with Crippen LogP contribution in [0.15, 0.2) is 96.3 Å². The Hall–Kier alpha value is -4.37. The fraction of sp³-hybridized carbons (Fsp3) is 0.111. The lowest BCUT2D eigenvalue weighted by atomic mass is 9.91. The molecule has 0 unspecified atom stereocenters. The van der Waals surface area contributed by atoms with Crippen LogP contribution >= 0.6 is 0 Å². The second-order valence-electron chi connectivity index (χ2n) is 8.63. The van der Waals surface area contributed by atoms with Gasteiger partial charge in [-0.25, -0.2) is 17.4 Å². The maximum Gasteiger partial charge on any atom is 0.269 e. The van der Waals surface area contributed by atoms with Gasteiger partial charge in [0.25, 0.3) is 15.7 Å². The Labute approximate surface area is 208 Å². The van der Waals surface area contributed by atoms with Crippen LogP contribution in [0.4, 0.5) is 5.69 Å². The van der Waals surface area contributed by atoms with Crippen LogP contribution in [0, 0.1) is 10.1 Å². The maximum absolute atomic E-state index is 13.9. The largest absolute Gasteiger partial charge is 0.269 e. The summed E-state index contributed by atoms with van der Waals surface area (Å²) in [6.07, 6.45) is 4.79. The highest BCUT2D eigenvalue weighted by Crippen LogP contribution is 2.39. The average molecular weight is 499 g/mol. The number of pyridine rings is 2. The third-order valence-corrected chi connectivity index (χ3v) is 7.78. The summed E-state index contributed by atoms with van der Waals surface area (Å²) in [4.78, 5) is 19.8. The van der Waals surface area contributed by atoms with Gasteiger partial charge < -0.3 is 0 Å². The van der Waals surface area contributed by atoms with E-state index in [1.165, 1.54) is 10.0 Å². The second-order valence-corrected chi connectivity index (χ2v) is 10.4. The molecule has 9 heteroatoms. The molecule has 36 heavy (non-hydrogen) atoms. The van der Waals surface area contributed by atoms with E-state index >= 15 is 0 Å². The van der Waals surface area contributed by atoms with E-state index in [1.54, 1.807) is 79.3 Å². The minimum Gasteiger partial charge on any atom is -0.264 e. The smallest absolute Gasteiger partial charge is 0.264 e. The van der Waals surface area contributed by atoms with Gasteiger partial charge in [-0.2, -0.15) is 0 Å². The highest BCUT2D eigenvalue weighted by atomic mass is 32.2. The summed E-state index contributed by atoms with van der Waals surface area (Å²) < 4.78 is 29.0. The number of hydrogen-bond donors (Lipinski definition) is 0. The number of non-ortho nitro benzene ring substituents is 1. The van der Waals surface area contributed by atoms with E-state index in [-0.39, 0.29) is 22.1 Å². The molecular weight excluding hydrogens is 476 g/mol. The molecule has 3 aromatic heterocycles. The molecule has 0 aliphatic carbocycles. The molecule has 3 heterocycles.